The summed E-state index contributed by atoms with van der Waals surface area (Å²) >= 11 is 0. The van der Waals surface area contributed by atoms with Gasteiger partial charge in [-0.25, -0.2) is 0 Å². The lowest BCUT2D eigenvalue weighted by atomic mass is 9.81. The molecule has 2 rings (SSSR count). The highest BCUT2D eigenvalue weighted by Gasteiger charge is 2.17. The standard InChI is InChI=1S/C15H19O/c1-3-12-7-9-13(10-8-12)14-5-4-6-15(11-14)16-2/h3-6,11,13H,1,7-10H2,2H3. The Kier molecular flexibility index (Phi) is 3.66. The fourth-order valence-electron chi connectivity index (χ4n) is 2.42. The molecule has 1 aromatic carbocycles. The van der Waals surface area contributed by atoms with Crippen LogP contribution in [-0.2, 0) is 0 Å². The van der Waals surface area contributed by atoms with Gasteiger partial charge in [0.15, 0.2) is 0 Å². The third-order valence-corrected chi connectivity index (χ3v) is 3.48. The fraction of sp³-hybridized carbons (Fsp3) is 0.400. The van der Waals surface area contributed by atoms with E-state index in [2.05, 4.69) is 25.1 Å². The first-order chi connectivity index (χ1) is 7.83. The molecule has 0 aromatic heterocycles. The van der Waals surface area contributed by atoms with Crippen molar-refractivity contribution in [2.75, 3.05) is 7.11 Å². The molecule has 0 bridgehead atoms. The second-order valence-electron chi connectivity index (χ2n) is 4.41. The van der Waals surface area contributed by atoms with Gasteiger partial charge >= 0.3 is 0 Å². The maximum absolute atomic E-state index is 5.27. The van der Waals surface area contributed by atoms with Gasteiger partial charge in [0.05, 0.1) is 7.11 Å². The lowest BCUT2D eigenvalue weighted by molar-refractivity contribution is 0.412. The minimum Gasteiger partial charge on any atom is -0.497 e. The Hall–Kier alpha value is -1.24. The highest BCUT2D eigenvalue weighted by molar-refractivity contribution is 5.31. The van der Waals surface area contributed by atoms with Gasteiger partial charge in [0.2, 0.25) is 0 Å². The van der Waals surface area contributed by atoms with E-state index in [-0.39, 0.29) is 0 Å². The number of methoxy groups -OCH3 is 1. The predicted octanol–water partition coefficient (Wildman–Crippen LogP) is 4.11. The van der Waals surface area contributed by atoms with Gasteiger partial charge in [-0.05, 0) is 56.2 Å². The van der Waals surface area contributed by atoms with Crippen LogP contribution in [-0.4, -0.2) is 7.11 Å². The summed E-state index contributed by atoms with van der Waals surface area (Å²) in [6.07, 6.45) is 6.92. The monoisotopic (exact) mass is 215 g/mol. The number of allylic oxidation sites excluding steroid dienone is 2. The van der Waals surface area contributed by atoms with Crippen LogP contribution in [0.4, 0.5) is 0 Å². The summed E-state index contributed by atoms with van der Waals surface area (Å²) in [6, 6.07) is 8.48. The van der Waals surface area contributed by atoms with Crippen LogP contribution in [0.3, 0.4) is 0 Å². The molecule has 16 heavy (non-hydrogen) atoms. The molecule has 0 amide bonds. The van der Waals surface area contributed by atoms with Crippen LogP contribution in [0.1, 0.15) is 37.2 Å². The largest absolute Gasteiger partial charge is 0.497 e. The molecule has 1 nitrogen and oxygen atoms in total. The van der Waals surface area contributed by atoms with Crippen LogP contribution < -0.4 is 4.74 Å². The van der Waals surface area contributed by atoms with Crippen molar-refractivity contribution >= 4 is 0 Å². The van der Waals surface area contributed by atoms with Gasteiger partial charge in [-0.1, -0.05) is 23.8 Å². The molecule has 1 saturated carbocycles. The molecule has 1 fully saturated rings. The third kappa shape index (κ3) is 2.46. The topological polar surface area (TPSA) is 9.23 Å². The maximum atomic E-state index is 5.27. The lowest BCUT2D eigenvalue weighted by Gasteiger charge is -2.24. The predicted molar refractivity (Wildman–Crippen MR) is 67.6 cm³/mol. The molecular formula is C15H19O. The Labute approximate surface area is 98.1 Å². The van der Waals surface area contributed by atoms with E-state index in [1.54, 1.807) is 7.11 Å². The van der Waals surface area contributed by atoms with Gasteiger partial charge in [-0.3, -0.25) is 0 Å². The molecule has 1 aliphatic carbocycles. The quantitative estimate of drug-likeness (QED) is 0.721. The van der Waals surface area contributed by atoms with E-state index in [4.69, 9.17) is 4.74 Å². The average molecular weight is 215 g/mol. The molecule has 0 heterocycles. The maximum Gasteiger partial charge on any atom is 0.119 e. The Morgan fingerprint density at radius 1 is 1.31 bits per heavy atom. The van der Waals surface area contributed by atoms with Crippen molar-refractivity contribution < 1.29 is 4.74 Å². The number of hydrogen-bond acceptors (Lipinski definition) is 1. The third-order valence-electron chi connectivity index (χ3n) is 3.48. The van der Waals surface area contributed by atoms with Gasteiger partial charge in [-0.15, -0.1) is 0 Å². The number of benzene rings is 1. The molecule has 0 unspecified atom stereocenters. The van der Waals surface area contributed by atoms with Crippen molar-refractivity contribution in [1.29, 1.82) is 0 Å². The van der Waals surface area contributed by atoms with Crippen molar-refractivity contribution in [3.8, 4) is 5.75 Å². The first-order valence-corrected chi connectivity index (χ1v) is 5.94. The summed E-state index contributed by atoms with van der Waals surface area (Å²) in [4.78, 5) is 0. The Morgan fingerprint density at radius 3 is 2.69 bits per heavy atom. The van der Waals surface area contributed by atoms with Crippen LogP contribution in [0.2, 0.25) is 0 Å². The van der Waals surface area contributed by atoms with E-state index in [1.165, 1.54) is 36.8 Å². The molecule has 1 heteroatoms. The summed E-state index contributed by atoms with van der Waals surface area (Å²) in [5.74, 6) is 1.66. The highest BCUT2D eigenvalue weighted by Crippen LogP contribution is 2.36. The second-order valence-corrected chi connectivity index (χ2v) is 4.41. The molecule has 1 aromatic rings. The molecule has 0 saturated heterocycles. The molecule has 0 N–H and O–H groups in total. The van der Waals surface area contributed by atoms with Crippen LogP contribution >= 0.6 is 0 Å². The van der Waals surface area contributed by atoms with Gasteiger partial charge in [0, 0.05) is 0 Å². The molecule has 85 valence electrons. The summed E-state index contributed by atoms with van der Waals surface area (Å²) in [7, 11) is 1.73. The zero-order valence-corrected chi connectivity index (χ0v) is 9.91. The molecular weight excluding hydrogens is 196 g/mol. The van der Waals surface area contributed by atoms with Crippen LogP contribution in [0.15, 0.2) is 35.9 Å². The Morgan fingerprint density at radius 2 is 2.06 bits per heavy atom. The number of rotatable bonds is 2. The first kappa shape index (κ1) is 11.3. The van der Waals surface area contributed by atoms with Crippen molar-refractivity contribution in [3.05, 3.63) is 48.4 Å². The highest BCUT2D eigenvalue weighted by atomic mass is 16.5. The summed E-state index contributed by atoms with van der Waals surface area (Å²) in [5, 5.41) is 0. The summed E-state index contributed by atoms with van der Waals surface area (Å²) < 4.78 is 5.27. The van der Waals surface area contributed by atoms with Gasteiger partial charge in [0.25, 0.3) is 0 Å². The molecule has 0 spiro atoms. The number of ether oxygens (including phenoxy) is 1. The van der Waals surface area contributed by atoms with Crippen LogP contribution in [0, 0.1) is 6.92 Å². The molecule has 1 radical (unpaired) electrons. The van der Waals surface area contributed by atoms with Crippen molar-refractivity contribution in [2.24, 2.45) is 0 Å². The van der Waals surface area contributed by atoms with E-state index in [9.17, 15) is 0 Å². The average Bonchev–Trinajstić information content (AvgIpc) is 2.39. The summed E-state index contributed by atoms with van der Waals surface area (Å²) in [5.41, 5.74) is 2.93. The van der Waals surface area contributed by atoms with E-state index in [0.717, 1.165) is 5.75 Å². The molecule has 1 aliphatic rings. The van der Waals surface area contributed by atoms with Crippen LogP contribution in [0.25, 0.3) is 0 Å². The lowest BCUT2D eigenvalue weighted by Crippen LogP contribution is -2.06. The zero-order valence-electron chi connectivity index (χ0n) is 9.91. The van der Waals surface area contributed by atoms with E-state index in [1.807, 2.05) is 12.1 Å². The van der Waals surface area contributed by atoms with Crippen molar-refractivity contribution in [1.82, 2.24) is 0 Å². The van der Waals surface area contributed by atoms with E-state index < -0.39 is 0 Å². The van der Waals surface area contributed by atoms with Gasteiger partial charge in [-0.2, -0.15) is 0 Å². The SMILES string of the molecule is [CH2]C=C1CCC(c2cccc(OC)c2)CC1. The van der Waals surface area contributed by atoms with Crippen LogP contribution in [0.5, 0.6) is 5.75 Å². The minimum absolute atomic E-state index is 0.693. The van der Waals surface area contributed by atoms with Crippen molar-refractivity contribution in [2.45, 2.75) is 31.6 Å². The Bertz CT molecular complexity index is 369. The van der Waals surface area contributed by atoms with E-state index in [0.29, 0.717) is 5.92 Å². The normalized spacial score (nSPS) is 20.6. The molecule has 0 atom stereocenters. The van der Waals surface area contributed by atoms with Crippen molar-refractivity contribution in [3.63, 3.8) is 0 Å². The fourth-order valence-corrected chi connectivity index (χ4v) is 2.42. The number of hydrogen-bond donors (Lipinski definition) is 0. The van der Waals surface area contributed by atoms with Gasteiger partial charge < -0.3 is 4.74 Å². The zero-order chi connectivity index (χ0) is 11.4. The minimum atomic E-state index is 0.693. The Balaban J connectivity index is 2.07. The second kappa shape index (κ2) is 5.20. The smallest absolute Gasteiger partial charge is 0.119 e. The summed E-state index contributed by atoms with van der Waals surface area (Å²) in [6.45, 7) is 3.85. The molecule has 0 aliphatic heterocycles. The van der Waals surface area contributed by atoms with E-state index >= 15 is 0 Å². The van der Waals surface area contributed by atoms with Gasteiger partial charge in [0.1, 0.15) is 5.75 Å². The first-order valence-electron chi connectivity index (χ1n) is 5.94.